The smallest absolute Gasteiger partial charge is 0.149 e. The quantitative estimate of drug-likeness (QED) is 0.497. The average Bonchev–Trinajstić information content (AvgIpc) is 2.21. The third kappa shape index (κ3) is 1.95. The van der Waals surface area contributed by atoms with Crippen LogP contribution in [0.4, 0.5) is 0 Å². The van der Waals surface area contributed by atoms with Crippen molar-refractivity contribution < 1.29 is 24.9 Å². The summed E-state index contributed by atoms with van der Waals surface area (Å²) in [6.45, 7) is 1.40. The van der Waals surface area contributed by atoms with Crippen molar-refractivity contribution in [2.75, 3.05) is 6.61 Å². The lowest BCUT2D eigenvalue weighted by molar-refractivity contribution is -0.203. The Morgan fingerprint density at radius 1 is 1.36 bits per heavy atom. The zero-order chi connectivity index (χ0) is 10.7. The number of ether oxygens (including phenoxy) is 1. The van der Waals surface area contributed by atoms with E-state index >= 15 is 0 Å². The molecule has 0 saturated carbocycles. The minimum absolute atomic E-state index is 0.398. The maximum Gasteiger partial charge on any atom is 0.149 e. The summed E-state index contributed by atoms with van der Waals surface area (Å²) in [4.78, 5) is 10.6. The van der Waals surface area contributed by atoms with Crippen LogP contribution < -0.4 is 0 Å². The van der Waals surface area contributed by atoms with Crippen molar-refractivity contribution in [3.05, 3.63) is 0 Å². The van der Waals surface area contributed by atoms with E-state index < -0.39 is 36.9 Å². The van der Waals surface area contributed by atoms with Crippen LogP contribution in [0.15, 0.2) is 0 Å². The summed E-state index contributed by atoms with van der Waals surface area (Å²) in [6.07, 6.45) is -2.60. The maximum absolute atomic E-state index is 10.6. The molecule has 1 heterocycles. The zero-order valence-corrected chi connectivity index (χ0v) is 8.04. The van der Waals surface area contributed by atoms with Crippen LogP contribution >= 0.6 is 0 Å². The Morgan fingerprint density at radius 2 is 2.00 bits per heavy atom. The van der Waals surface area contributed by atoms with E-state index in [0.29, 0.717) is 12.7 Å². The van der Waals surface area contributed by atoms with E-state index in [1.165, 1.54) is 0 Å². The molecule has 0 aromatic carbocycles. The summed E-state index contributed by atoms with van der Waals surface area (Å²) in [5, 5.41) is 28.0. The average molecular weight is 204 g/mol. The molecule has 0 aromatic heterocycles. The Labute approximate surface area is 82.3 Å². The summed E-state index contributed by atoms with van der Waals surface area (Å²) in [7, 11) is 0. The van der Waals surface area contributed by atoms with Gasteiger partial charge in [0.1, 0.15) is 24.6 Å². The molecule has 2 unspecified atom stereocenters. The summed E-state index contributed by atoms with van der Waals surface area (Å²) < 4.78 is 5.14. The highest BCUT2D eigenvalue weighted by Gasteiger charge is 2.42. The predicted octanol–water partition coefficient (Wildman–Crippen LogP) is -1.31. The molecular formula is C9H16O5. The first-order valence-electron chi connectivity index (χ1n) is 4.73. The maximum atomic E-state index is 10.6. The number of rotatable bonds is 3. The molecule has 0 amide bonds. The summed E-state index contributed by atoms with van der Waals surface area (Å²) >= 11 is 0. The standard InChI is InChI=1S/C9H16O5/c1-2-5-6(3-10)14-7(4-11)9(13)8(5)12/h3,5-9,11-13H,2,4H2,1H3/t5-,6?,7+,8?,9-/m1/s1. The number of hydrogen-bond acceptors (Lipinski definition) is 5. The van der Waals surface area contributed by atoms with Gasteiger partial charge >= 0.3 is 0 Å². The predicted molar refractivity (Wildman–Crippen MR) is 47.6 cm³/mol. The Balaban J connectivity index is 2.76. The van der Waals surface area contributed by atoms with Gasteiger partial charge in [0.05, 0.1) is 12.7 Å². The van der Waals surface area contributed by atoms with E-state index in [1.807, 2.05) is 0 Å². The SMILES string of the molecule is CC[C@@H]1C(C=O)O[C@@H](CO)[C@@H](O)C1O. The first kappa shape index (κ1) is 11.6. The van der Waals surface area contributed by atoms with Crippen LogP contribution in [0.25, 0.3) is 0 Å². The molecule has 1 saturated heterocycles. The second-order valence-electron chi connectivity index (χ2n) is 3.51. The van der Waals surface area contributed by atoms with E-state index in [-0.39, 0.29) is 0 Å². The second kappa shape index (κ2) is 4.84. The monoisotopic (exact) mass is 204 g/mol. The molecule has 1 aliphatic rings. The number of carbonyl (C=O) groups is 1. The van der Waals surface area contributed by atoms with Crippen LogP contribution in [0.1, 0.15) is 13.3 Å². The molecule has 0 bridgehead atoms. The van der Waals surface area contributed by atoms with Gasteiger partial charge in [-0.2, -0.15) is 0 Å². The lowest BCUT2D eigenvalue weighted by atomic mass is 9.85. The minimum atomic E-state index is -1.12. The molecular weight excluding hydrogens is 188 g/mol. The van der Waals surface area contributed by atoms with Crippen molar-refractivity contribution in [1.29, 1.82) is 0 Å². The number of aliphatic hydroxyl groups excluding tert-OH is 3. The van der Waals surface area contributed by atoms with Crippen LogP contribution in [0, 0.1) is 5.92 Å². The number of aldehydes is 1. The normalized spacial score (nSPS) is 43.6. The molecule has 0 spiro atoms. The van der Waals surface area contributed by atoms with Gasteiger partial charge in [0.2, 0.25) is 0 Å². The highest BCUT2D eigenvalue weighted by atomic mass is 16.5. The highest BCUT2D eigenvalue weighted by Crippen LogP contribution is 2.27. The van der Waals surface area contributed by atoms with Crippen LogP contribution in [0.5, 0.6) is 0 Å². The van der Waals surface area contributed by atoms with Crippen LogP contribution in [0.2, 0.25) is 0 Å². The van der Waals surface area contributed by atoms with E-state index in [1.54, 1.807) is 6.92 Å². The molecule has 0 radical (unpaired) electrons. The topological polar surface area (TPSA) is 87.0 Å². The molecule has 5 heteroatoms. The van der Waals surface area contributed by atoms with Crippen molar-refractivity contribution in [3.8, 4) is 0 Å². The molecule has 1 aliphatic heterocycles. The molecule has 82 valence electrons. The fourth-order valence-electron chi connectivity index (χ4n) is 1.81. The van der Waals surface area contributed by atoms with Gasteiger partial charge in [-0.15, -0.1) is 0 Å². The van der Waals surface area contributed by atoms with Gasteiger partial charge in [0, 0.05) is 5.92 Å². The van der Waals surface area contributed by atoms with Gasteiger partial charge in [-0.05, 0) is 6.42 Å². The van der Waals surface area contributed by atoms with Crippen LogP contribution in [-0.2, 0) is 9.53 Å². The van der Waals surface area contributed by atoms with Gasteiger partial charge in [0.15, 0.2) is 0 Å². The van der Waals surface area contributed by atoms with Crippen molar-refractivity contribution in [2.45, 2.75) is 37.8 Å². The lowest BCUT2D eigenvalue weighted by Gasteiger charge is -2.40. The Morgan fingerprint density at radius 3 is 2.43 bits per heavy atom. The Hall–Kier alpha value is -0.490. The highest BCUT2D eigenvalue weighted by molar-refractivity contribution is 5.57. The van der Waals surface area contributed by atoms with Crippen molar-refractivity contribution in [3.63, 3.8) is 0 Å². The number of aliphatic hydroxyl groups is 3. The van der Waals surface area contributed by atoms with Crippen molar-refractivity contribution in [1.82, 2.24) is 0 Å². The lowest BCUT2D eigenvalue weighted by Crippen LogP contribution is -2.55. The zero-order valence-electron chi connectivity index (χ0n) is 8.04. The van der Waals surface area contributed by atoms with Crippen molar-refractivity contribution >= 4 is 6.29 Å². The van der Waals surface area contributed by atoms with E-state index in [4.69, 9.17) is 9.84 Å². The summed E-state index contributed by atoms with van der Waals surface area (Å²) in [5.41, 5.74) is 0. The third-order valence-corrected chi connectivity index (χ3v) is 2.71. The molecule has 1 rings (SSSR count). The number of hydrogen-bond donors (Lipinski definition) is 3. The molecule has 5 atom stereocenters. The summed E-state index contributed by atoms with van der Waals surface area (Å²) in [5.74, 6) is -0.398. The molecule has 1 fully saturated rings. The largest absolute Gasteiger partial charge is 0.394 e. The van der Waals surface area contributed by atoms with Crippen LogP contribution in [-0.4, -0.2) is 52.6 Å². The van der Waals surface area contributed by atoms with E-state index in [9.17, 15) is 15.0 Å². The van der Waals surface area contributed by atoms with E-state index in [2.05, 4.69) is 0 Å². The number of carbonyl (C=O) groups excluding carboxylic acids is 1. The van der Waals surface area contributed by atoms with Gasteiger partial charge in [-0.3, -0.25) is 0 Å². The first-order valence-corrected chi connectivity index (χ1v) is 4.73. The fraction of sp³-hybridized carbons (Fsp3) is 0.889. The summed E-state index contributed by atoms with van der Waals surface area (Å²) in [6, 6.07) is 0. The van der Waals surface area contributed by atoms with E-state index in [0.717, 1.165) is 0 Å². The Kier molecular flexibility index (Phi) is 4.00. The molecule has 5 nitrogen and oxygen atoms in total. The minimum Gasteiger partial charge on any atom is -0.394 e. The second-order valence-corrected chi connectivity index (χ2v) is 3.51. The van der Waals surface area contributed by atoms with Crippen molar-refractivity contribution in [2.24, 2.45) is 5.92 Å². The molecule has 0 aromatic rings. The third-order valence-electron chi connectivity index (χ3n) is 2.71. The molecule has 14 heavy (non-hydrogen) atoms. The van der Waals surface area contributed by atoms with Gasteiger partial charge < -0.3 is 24.9 Å². The molecule has 0 aliphatic carbocycles. The van der Waals surface area contributed by atoms with Crippen LogP contribution in [0.3, 0.4) is 0 Å². The van der Waals surface area contributed by atoms with Gasteiger partial charge in [-0.1, -0.05) is 6.92 Å². The Bertz CT molecular complexity index is 196. The fourth-order valence-corrected chi connectivity index (χ4v) is 1.81. The first-order chi connectivity index (χ1) is 6.65. The molecule has 3 N–H and O–H groups in total. The van der Waals surface area contributed by atoms with Gasteiger partial charge in [0.25, 0.3) is 0 Å². The van der Waals surface area contributed by atoms with Gasteiger partial charge in [-0.25, -0.2) is 0 Å².